The van der Waals surface area contributed by atoms with Gasteiger partial charge in [0.25, 0.3) is 0 Å². The molecule has 1 aromatic carbocycles. The molecule has 1 fully saturated rings. The number of nitrogens with zero attached hydrogens (tertiary/aromatic N) is 2. The molecule has 7 heteroatoms. The van der Waals surface area contributed by atoms with Gasteiger partial charge in [-0.25, -0.2) is 4.79 Å². The van der Waals surface area contributed by atoms with E-state index in [1.807, 2.05) is 32.0 Å². The summed E-state index contributed by atoms with van der Waals surface area (Å²) in [5, 5.41) is 12.0. The lowest BCUT2D eigenvalue weighted by Gasteiger charge is -2.35. The summed E-state index contributed by atoms with van der Waals surface area (Å²) in [6.45, 7) is 13.3. The average Bonchev–Trinajstić information content (AvgIpc) is 2.80. The van der Waals surface area contributed by atoms with Gasteiger partial charge in [-0.05, 0) is 43.7 Å². The number of aliphatic carboxylic acids is 1. The van der Waals surface area contributed by atoms with E-state index in [1.54, 1.807) is 13.1 Å². The third kappa shape index (κ3) is 11.1. The summed E-state index contributed by atoms with van der Waals surface area (Å²) in [6.07, 6.45) is 4.42. The molecule has 0 spiro atoms. The highest BCUT2D eigenvalue weighted by Gasteiger charge is 2.29. The second-order valence-corrected chi connectivity index (χ2v) is 10.3. The Hall–Kier alpha value is -2.67. The van der Waals surface area contributed by atoms with Gasteiger partial charge in [0.15, 0.2) is 0 Å². The van der Waals surface area contributed by atoms with E-state index in [0.29, 0.717) is 6.54 Å². The van der Waals surface area contributed by atoms with Crippen molar-refractivity contribution in [2.24, 2.45) is 11.8 Å². The van der Waals surface area contributed by atoms with Gasteiger partial charge in [-0.1, -0.05) is 77.4 Å². The molecule has 2 amide bonds. The lowest BCUT2D eigenvalue weighted by molar-refractivity contribution is -0.135. The number of rotatable bonds is 9. The number of benzene rings is 1. The number of carbonyl (C=O) groups excluding carboxylic acids is 2. The zero-order chi connectivity index (χ0) is 26.5. The Morgan fingerprint density at radius 3 is 2.26 bits per heavy atom. The number of nitrogens with one attached hydrogen (secondary N) is 1. The Kier molecular flexibility index (Phi) is 13.3. The summed E-state index contributed by atoms with van der Waals surface area (Å²) < 4.78 is 0. The van der Waals surface area contributed by atoms with Crippen LogP contribution in [0.2, 0.25) is 0 Å². The van der Waals surface area contributed by atoms with Gasteiger partial charge >= 0.3 is 5.97 Å². The van der Waals surface area contributed by atoms with Crippen molar-refractivity contribution in [2.75, 3.05) is 20.1 Å². The predicted octanol–water partition coefficient (Wildman–Crippen LogP) is 4.33. The summed E-state index contributed by atoms with van der Waals surface area (Å²) in [6, 6.07) is 9.47. The quantitative estimate of drug-likeness (QED) is 0.506. The minimum Gasteiger partial charge on any atom is -0.478 e. The van der Waals surface area contributed by atoms with Gasteiger partial charge < -0.3 is 15.3 Å². The summed E-state index contributed by atoms with van der Waals surface area (Å²) in [5.74, 6) is -0.503. The summed E-state index contributed by atoms with van der Waals surface area (Å²) in [4.78, 5) is 40.5. The van der Waals surface area contributed by atoms with E-state index in [-0.39, 0.29) is 41.9 Å². The number of piperidine rings is 1. The maximum atomic E-state index is 12.9. The van der Waals surface area contributed by atoms with E-state index in [4.69, 9.17) is 5.11 Å². The molecule has 2 rings (SSSR count). The fraction of sp³-hybridized carbons (Fsp3) is 0.607. The van der Waals surface area contributed by atoms with Crippen LogP contribution in [-0.4, -0.2) is 64.9 Å². The van der Waals surface area contributed by atoms with Gasteiger partial charge in [0.05, 0.1) is 18.6 Å². The van der Waals surface area contributed by atoms with E-state index in [9.17, 15) is 14.4 Å². The summed E-state index contributed by atoms with van der Waals surface area (Å²) in [7, 11) is 1.65. The highest BCUT2D eigenvalue weighted by atomic mass is 16.4. The van der Waals surface area contributed by atoms with Crippen LogP contribution in [0, 0.1) is 11.8 Å². The molecule has 2 atom stereocenters. The molecule has 0 aliphatic carbocycles. The summed E-state index contributed by atoms with van der Waals surface area (Å²) >= 11 is 0. The predicted molar refractivity (Wildman–Crippen MR) is 141 cm³/mol. The van der Waals surface area contributed by atoms with Gasteiger partial charge in [-0.2, -0.15) is 0 Å². The van der Waals surface area contributed by atoms with Crippen molar-refractivity contribution >= 4 is 17.8 Å². The van der Waals surface area contributed by atoms with Crippen LogP contribution in [0.3, 0.4) is 0 Å². The maximum absolute atomic E-state index is 12.9. The fourth-order valence-electron chi connectivity index (χ4n) is 3.95. The molecule has 1 saturated heterocycles. The molecule has 0 aromatic heterocycles. The zero-order valence-corrected chi connectivity index (χ0v) is 22.6. The van der Waals surface area contributed by atoms with Crippen LogP contribution in [-0.2, 0) is 20.9 Å². The molecule has 1 aliphatic rings. The van der Waals surface area contributed by atoms with Gasteiger partial charge in [-0.15, -0.1) is 0 Å². The molecule has 2 N–H and O–H groups in total. The van der Waals surface area contributed by atoms with Crippen molar-refractivity contribution < 1.29 is 19.5 Å². The number of hydrogen-bond acceptors (Lipinski definition) is 4. The largest absolute Gasteiger partial charge is 0.478 e. The molecule has 0 bridgehead atoms. The van der Waals surface area contributed by atoms with Crippen molar-refractivity contribution in [3.05, 3.63) is 47.5 Å². The summed E-state index contributed by atoms with van der Waals surface area (Å²) in [5.41, 5.74) is 1.36. The van der Waals surface area contributed by atoms with Crippen LogP contribution in [0.1, 0.15) is 66.4 Å². The second kappa shape index (κ2) is 15.4. The van der Waals surface area contributed by atoms with Crippen molar-refractivity contribution in [1.82, 2.24) is 15.1 Å². The van der Waals surface area contributed by atoms with Crippen LogP contribution >= 0.6 is 0 Å². The second-order valence-electron chi connectivity index (χ2n) is 10.3. The van der Waals surface area contributed by atoms with Crippen LogP contribution in [0.15, 0.2) is 42.0 Å². The normalized spacial score (nSPS) is 17.4. The van der Waals surface area contributed by atoms with Crippen molar-refractivity contribution in [2.45, 2.75) is 79.4 Å². The van der Waals surface area contributed by atoms with E-state index in [2.05, 4.69) is 43.1 Å². The first-order valence-corrected chi connectivity index (χ1v) is 12.7. The molecule has 1 aromatic rings. The van der Waals surface area contributed by atoms with Gasteiger partial charge in [-0.3, -0.25) is 14.5 Å². The van der Waals surface area contributed by atoms with Crippen LogP contribution in [0.4, 0.5) is 0 Å². The van der Waals surface area contributed by atoms with Crippen molar-refractivity contribution in [3.63, 3.8) is 0 Å². The molecule has 2 unspecified atom stereocenters. The SMILES string of the molecule is C/C(=C\C(C(C)C)N(C)C(=O)CNC(=O)C1CCCCN1Cc1ccccc1)C(=O)O.CC(C)C. The Morgan fingerprint density at radius 2 is 1.71 bits per heavy atom. The standard InChI is InChI=1S/C24H35N3O4.C4H10/c1-17(2)21(14-18(3)24(30)31)26(4)22(28)15-25-23(29)20-12-8-9-13-27(20)16-19-10-6-5-7-11-19;1-4(2)3/h5-7,10-11,14,17,20-21H,8-9,12-13,15-16H2,1-4H3,(H,25,29)(H,30,31);4H,1-3H3/b18-14+;. The number of amides is 2. The lowest BCUT2D eigenvalue weighted by atomic mass is 9.99. The topological polar surface area (TPSA) is 90.0 Å². The van der Waals surface area contributed by atoms with E-state index >= 15 is 0 Å². The first-order chi connectivity index (χ1) is 16.4. The molecule has 196 valence electrons. The average molecular weight is 488 g/mol. The number of carboxylic acids is 1. The van der Waals surface area contributed by atoms with Crippen molar-refractivity contribution in [1.29, 1.82) is 0 Å². The minimum absolute atomic E-state index is 0.0404. The lowest BCUT2D eigenvalue weighted by Crippen LogP contribution is -2.51. The molecular formula is C28H45N3O4. The Morgan fingerprint density at radius 1 is 1.11 bits per heavy atom. The molecule has 7 nitrogen and oxygen atoms in total. The first kappa shape index (κ1) is 30.4. The molecule has 1 aliphatic heterocycles. The van der Waals surface area contributed by atoms with Gasteiger partial charge in [0.2, 0.25) is 11.8 Å². The smallest absolute Gasteiger partial charge is 0.331 e. The number of carboxylic acid groups (broad SMARTS) is 1. The first-order valence-electron chi connectivity index (χ1n) is 12.7. The van der Waals surface area contributed by atoms with E-state index in [0.717, 1.165) is 31.7 Å². The molecular weight excluding hydrogens is 442 g/mol. The number of likely N-dealkylation sites (tertiary alicyclic amines) is 1. The third-order valence-electron chi connectivity index (χ3n) is 5.84. The molecule has 0 radical (unpaired) electrons. The number of carbonyl (C=O) groups is 3. The maximum Gasteiger partial charge on any atom is 0.331 e. The molecule has 0 saturated carbocycles. The Balaban J connectivity index is 0.00000142. The van der Waals surface area contributed by atoms with Crippen LogP contribution in [0.25, 0.3) is 0 Å². The van der Waals surface area contributed by atoms with Crippen LogP contribution < -0.4 is 5.32 Å². The monoisotopic (exact) mass is 487 g/mol. The van der Waals surface area contributed by atoms with E-state index in [1.165, 1.54) is 17.4 Å². The Labute approximate surface area is 211 Å². The van der Waals surface area contributed by atoms with E-state index < -0.39 is 5.97 Å². The van der Waals surface area contributed by atoms with Crippen LogP contribution in [0.5, 0.6) is 0 Å². The molecule has 1 heterocycles. The third-order valence-corrected chi connectivity index (χ3v) is 5.84. The van der Waals surface area contributed by atoms with Crippen molar-refractivity contribution in [3.8, 4) is 0 Å². The fourth-order valence-corrected chi connectivity index (χ4v) is 3.95. The highest BCUT2D eigenvalue weighted by Crippen LogP contribution is 2.20. The van der Waals surface area contributed by atoms with Gasteiger partial charge in [0.1, 0.15) is 0 Å². The van der Waals surface area contributed by atoms with Gasteiger partial charge in [0, 0.05) is 19.2 Å². The highest BCUT2D eigenvalue weighted by molar-refractivity contribution is 5.88. The Bertz CT molecular complexity index is 833. The molecule has 35 heavy (non-hydrogen) atoms. The minimum atomic E-state index is -1.00. The number of likely N-dealkylation sites (N-methyl/N-ethyl adjacent to an activating group) is 1. The number of hydrogen-bond donors (Lipinski definition) is 2. The zero-order valence-electron chi connectivity index (χ0n) is 22.6.